The van der Waals surface area contributed by atoms with Crippen molar-refractivity contribution in [3.63, 3.8) is 0 Å². The number of para-hydroxylation sites is 3. The van der Waals surface area contributed by atoms with Crippen LogP contribution < -0.4 is 19.7 Å². The first kappa shape index (κ1) is 20.7. The quantitative estimate of drug-likeness (QED) is 0.716. The van der Waals surface area contributed by atoms with E-state index < -0.39 is 12.1 Å². The summed E-state index contributed by atoms with van der Waals surface area (Å²) in [5.41, 5.74) is 1.53. The normalized spacial score (nSPS) is 18.0. The van der Waals surface area contributed by atoms with Crippen LogP contribution in [0.5, 0.6) is 11.5 Å². The van der Waals surface area contributed by atoms with E-state index >= 15 is 0 Å². The van der Waals surface area contributed by atoms with Crippen LogP contribution in [0.4, 0.5) is 5.69 Å². The van der Waals surface area contributed by atoms with Crippen molar-refractivity contribution < 1.29 is 28.6 Å². The van der Waals surface area contributed by atoms with Gasteiger partial charge in [-0.1, -0.05) is 30.3 Å². The Morgan fingerprint density at radius 2 is 1.87 bits per heavy atom. The molecule has 2 unspecified atom stereocenters. The van der Waals surface area contributed by atoms with Gasteiger partial charge in [-0.25, -0.2) is 0 Å². The number of esters is 1. The maximum absolute atomic E-state index is 12.6. The predicted octanol–water partition coefficient (Wildman–Crippen LogP) is 2.37. The third kappa shape index (κ3) is 4.63. The van der Waals surface area contributed by atoms with E-state index in [1.54, 1.807) is 18.2 Å². The summed E-state index contributed by atoms with van der Waals surface area (Å²) in [4.78, 5) is 38.6. The summed E-state index contributed by atoms with van der Waals surface area (Å²) in [6.07, 6.45) is -0.338. The number of ether oxygens (including phenoxy) is 3. The number of rotatable bonds is 6. The van der Waals surface area contributed by atoms with Gasteiger partial charge in [0.25, 0.3) is 11.8 Å². The summed E-state index contributed by atoms with van der Waals surface area (Å²) >= 11 is 0. The maximum Gasteiger partial charge on any atom is 0.308 e. The van der Waals surface area contributed by atoms with Crippen molar-refractivity contribution in [1.29, 1.82) is 0 Å². The zero-order valence-electron chi connectivity index (χ0n) is 17.2. The molecule has 2 aromatic rings. The molecule has 2 aromatic carbocycles. The summed E-state index contributed by atoms with van der Waals surface area (Å²) in [7, 11) is 0. The molecule has 0 spiro atoms. The van der Waals surface area contributed by atoms with Crippen LogP contribution in [0.1, 0.15) is 31.4 Å². The number of carbonyl (C=O) groups is 3. The molecule has 0 saturated heterocycles. The van der Waals surface area contributed by atoms with Gasteiger partial charge in [0.15, 0.2) is 12.7 Å². The second-order valence-corrected chi connectivity index (χ2v) is 7.42. The second kappa shape index (κ2) is 9.07. The first-order valence-electron chi connectivity index (χ1n) is 10.3. The molecule has 2 aliphatic rings. The standard InChI is InChI=1S/C23H24N2O6/c1-15(23(28)24-17-11-13-29-19-8-4-2-6-16(17)19)31-22(27)10-12-25-18-7-3-5-9-20(18)30-14-21(25)26/h2-9,15,17H,10-14H2,1H3,(H,24,28). The Kier molecular flexibility index (Phi) is 6.06. The molecular weight excluding hydrogens is 400 g/mol. The average Bonchev–Trinajstić information content (AvgIpc) is 2.78. The van der Waals surface area contributed by atoms with Crippen molar-refractivity contribution in [3.05, 3.63) is 54.1 Å². The highest BCUT2D eigenvalue weighted by atomic mass is 16.5. The van der Waals surface area contributed by atoms with Crippen LogP contribution in [0.25, 0.3) is 0 Å². The summed E-state index contributed by atoms with van der Waals surface area (Å²) in [6, 6.07) is 14.5. The molecule has 8 heteroatoms. The van der Waals surface area contributed by atoms with E-state index in [1.165, 1.54) is 11.8 Å². The fraction of sp³-hybridized carbons (Fsp3) is 0.348. The number of amides is 2. The van der Waals surface area contributed by atoms with Gasteiger partial charge in [0.1, 0.15) is 11.5 Å². The molecule has 0 aliphatic carbocycles. The number of carbonyl (C=O) groups excluding carboxylic acids is 3. The fourth-order valence-corrected chi connectivity index (χ4v) is 3.69. The van der Waals surface area contributed by atoms with Gasteiger partial charge in [0.2, 0.25) is 0 Å². The summed E-state index contributed by atoms with van der Waals surface area (Å²) in [6.45, 7) is 2.12. The Bertz CT molecular complexity index is 992. The topological polar surface area (TPSA) is 94.2 Å². The van der Waals surface area contributed by atoms with E-state index in [4.69, 9.17) is 14.2 Å². The lowest BCUT2D eigenvalue weighted by molar-refractivity contribution is -0.155. The number of nitrogens with one attached hydrogen (secondary N) is 1. The van der Waals surface area contributed by atoms with Gasteiger partial charge in [0, 0.05) is 18.5 Å². The van der Waals surface area contributed by atoms with E-state index in [-0.39, 0.29) is 37.4 Å². The molecule has 2 heterocycles. The van der Waals surface area contributed by atoms with Crippen LogP contribution in [-0.2, 0) is 19.1 Å². The van der Waals surface area contributed by atoms with Gasteiger partial charge >= 0.3 is 5.97 Å². The zero-order valence-corrected chi connectivity index (χ0v) is 17.2. The summed E-state index contributed by atoms with van der Waals surface area (Å²) in [5.74, 6) is 0.198. The number of nitrogens with zero attached hydrogens (tertiary/aromatic N) is 1. The molecule has 1 N–H and O–H groups in total. The predicted molar refractivity (Wildman–Crippen MR) is 112 cm³/mol. The molecule has 8 nitrogen and oxygen atoms in total. The number of benzene rings is 2. The lowest BCUT2D eigenvalue weighted by atomic mass is 10.0. The number of fused-ring (bicyclic) bond motifs is 2. The molecule has 162 valence electrons. The summed E-state index contributed by atoms with van der Waals surface area (Å²) < 4.78 is 16.3. The van der Waals surface area contributed by atoms with Gasteiger partial charge in [-0.3, -0.25) is 14.4 Å². The van der Waals surface area contributed by atoms with Crippen LogP contribution in [0.15, 0.2) is 48.5 Å². The maximum atomic E-state index is 12.6. The number of anilines is 1. The lowest BCUT2D eigenvalue weighted by Crippen LogP contribution is -2.41. The van der Waals surface area contributed by atoms with Crippen LogP contribution in [0.2, 0.25) is 0 Å². The summed E-state index contributed by atoms with van der Waals surface area (Å²) in [5, 5.41) is 2.93. The smallest absolute Gasteiger partial charge is 0.308 e. The minimum Gasteiger partial charge on any atom is -0.493 e. The molecule has 4 rings (SSSR count). The van der Waals surface area contributed by atoms with Gasteiger partial charge < -0.3 is 24.4 Å². The molecular formula is C23H24N2O6. The van der Waals surface area contributed by atoms with E-state index in [0.717, 1.165) is 11.3 Å². The van der Waals surface area contributed by atoms with Gasteiger partial charge in [-0.05, 0) is 25.1 Å². The largest absolute Gasteiger partial charge is 0.493 e. The van der Waals surface area contributed by atoms with Crippen molar-refractivity contribution in [3.8, 4) is 11.5 Å². The van der Waals surface area contributed by atoms with Crippen molar-refractivity contribution >= 4 is 23.5 Å². The Balaban J connectivity index is 1.30. The van der Waals surface area contributed by atoms with Crippen LogP contribution in [0.3, 0.4) is 0 Å². The molecule has 2 amide bonds. The Morgan fingerprint density at radius 1 is 1.13 bits per heavy atom. The first-order chi connectivity index (χ1) is 15.0. The average molecular weight is 424 g/mol. The van der Waals surface area contributed by atoms with Crippen LogP contribution in [0, 0.1) is 0 Å². The minimum absolute atomic E-state index is 0.0300. The molecule has 0 radical (unpaired) electrons. The minimum atomic E-state index is -0.949. The highest BCUT2D eigenvalue weighted by Gasteiger charge is 2.28. The van der Waals surface area contributed by atoms with Crippen molar-refractivity contribution in [2.24, 2.45) is 0 Å². The zero-order chi connectivity index (χ0) is 21.8. The van der Waals surface area contributed by atoms with Crippen LogP contribution >= 0.6 is 0 Å². The Labute approximate surface area is 180 Å². The molecule has 0 saturated carbocycles. The fourth-order valence-electron chi connectivity index (χ4n) is 3.69. The third-order valence-corrected chi connectivity index (χ3v) is 5.30. The molecule has 31 heavy (non-hydrogen) atoms. The lowest BCUT2D eigenvalue weighted by Gasteiger charge is -2.29. The molecule has 2 aliphatic heterocycles. The number of hydrogen-bond donors (Lipinski definition) is 1. The Morgan fingerprint density at radius 3 is 2.71 bits per heavy atom. The van der Waals surface area contributed by atoms with Crippen LogP contribution in [-0.4, -0.2) is 43.6 Å². The highest BCUT2D eigenvalue weighted by molar-refractivity contribution is 5.98. The second-order valence-electron chi connectivity index (χ2n) is 7.42. The van der Waals surface area contributed by atoms with E-state index in [9.17, 15) is 14.4 Å². The molecule has 2 atom stereocenters. The first-order valence-corrected chi connectivity index (χ1v) is 10.3. The van der Waals surface area contributed by atoms with E-state index in [0.29, 0.717) is 24.5 Å². The molecule has 0 aromatic heterocycles. The third-order valence-electron chi connectivity index (χ3n) is 5.30. The molecule has 0 fully saturated rings. The SMILES string of the molecule is CC(OC(=O)CCN1C(=O)COc2ccccc21)C(=O)NC1CCOc2ccccc21. The monoisotopic (exact) mass is 424 g/mol. The van der Waals surface area contributed by atoms with Crippen molar-refractivity contribution in [2.75, 3.05) is 24.7 Å². The van der Waals surface area contributed by atoms with Gasteiger partial charge in [-0.15, -0.1) is 0 Å². The highest BCUT2D eigenvalue weighted by Crippen LogP contribution is 2.32. The molecule has 0 bridgehead atoms. The van der Waals surface area contributed by atoms with Gasteiger partial charge in [-0.2, -0.15) is 0 Å². The van der Waals surface area contributed by atoms with Crippen molar-refractivity contribution in [2.45, 2.75) is 31.9 Å². The number of hydrogen-bond acceptors (Lipinski definition) is 6. The Hall–Kier alpha value is -3.55. The van der Waals surface area contributed by atoms with E-state index in [2.05, 4.69) is 5.32 Å². The van der Waals surface area contributed by atoms with Gasteiger partial charge in [0.05, 0.1) is 24.8 Å². The van der Waals surface area contributed by atoms with Crippen molar-refractivity contribution in [1.82, 2.24) is 5.32 Å². The van der Waals surface area contributed by atoms with E-state index in [1.807, 2.05) is 30.3 Å².